The van der Waals surface area contributed by atoms with Crippen LogP contribution in [0, 0.1) is 5.92 Å². The summed E-state index contributed by atoms with van der Waals surface area (Å²) in [6.45, 7) is 0. The Labute approximate surface area is 145 Å². The Hall–Kier alpha value is -1.82. The molecule has 0 N–H and O–H groups in total. The lowest BCUT2D eigenvalue weighted by Gasteiger charge is -2.28. The third-order valence-corrected chi connectivity index (χ3v) is 4.68. The number of Topliss-reactive ketones (excluding diaryl/α,β-unsaturated/α-hetero) is 1. The molecule has 2 aliphatic rings. The Morgan fingerprint density at radius 2 is 1.88 bits per heavy atom. The molecule has 6 heteroatoms. The van der Waals surface area contributed by atoms with Crippen LogP contribution in [0.1, 0.15) is 24.8 Å². The quantitative estimate of drug-likeness (QED) is 0.609. The fraction of sp³-hybridized carbons (Fsp3) is 0.278. The molecule has 1 atom stereocenters. The highest BCUT2D eigenvalue weighted by Crippen LogP contribution is 2.39. The van der Waals surface area contributed by atoms with Crippen molar-refractivity contribution in [3.8, 4) is 5.75 Å². The zero-order valence-electron chi connectivity index (χ0n) is 12.6. The minimum absolute atomic E-state index is 0.0260. The minimum atomic E-state index is -4.70. The van der Waals surface area contributed by atoms with Gasteiger partial charge in [-0.15, -0.1) is 13.2 Å². The lowest BCUT2D eigenvalue weighted by Crippen LogP contribution is -2.23. The Morgan fingerprint density at radius 3 is 2.54 bits per heavy atom. The van der Waals surface area contributed by atoms with Gasteiger partial charge < -0.3 is 4.74 Å². The highest BCUT2D eigenvalue weighted by atomic mass is 79.9. The molecule has 0 spiro atoms. The number of ketones is 1. The van der Waals surface area contributed by atoms with Crippen molar-refractivity contribution in [3.05, 3.63) is 57.6 Å². The molecule has 0 amide bonds. The summed E-state index contributed by atoms with van der Waals surface area (Å²) >= 11 is 3.47. The number of fused-ring (bicyclic) bond motifs is 1. The molecular formula is C18H14BrF3O2. The zero-order valence-corrected chi connectivity index (χ0v) is 14.2. The van der Waals surface area contributed by atoms with Gasteiger partial charge in [-0.3, -0.25) is 4.79 Å². The van der Waals surface area contributed by atoms with E-state index in [1.165, 1.54) is 24.3 Å². The van der Waals surface area contributed by atoms with Crippen LogP contribution in [0.15, 0.2) is 52.0 Å². The summed E-state index contributed by atoms with van der Waals surface area (Å²) in [7, 11) is 0. The van der Waals surface area contributed by atoms with Gasteiger partial charge in [0.05, 0.1) is 0 Å². The summed E-state index contributed by atoms with van der Waals surface area (Å²) in [6, 6.07) is 5.52. The van der Waals surface area contributed by atoms with Gasteiger partial charge >= 0.3 is 6.36 Å². The van der Waals surface area contributed by atoms with Crippen molar-refractivity contribution in [3.63, 3.8) is 0 Å². The molecule has 1 saturated carbocycles. The molecule has 0 aromatic heterocycles. The van der Waals surface area contributed by atoms with E-state index in [4.69, 9.17) is 0 Å². The van der Waals surface area contributed by atoms with Gasteiger partial charge in [0.2, 0.25) is 0 Å². The van der Waals surface area contributed by atoms with E-state index in [2.05, 4.69) is 20.7 Å². The van der Waals surface area contributed by atoms with Crippen molar-refractivity contribution in [1.82, 2.24) is 0 Å². The summed E-state index contributed by atoms with van der Waals surface area (Å²) in [6.07, 6.45) is 3.19. The van der Waals surface area contributed by atoms with Crippen LogP contribution in [0.5, 0.6) is 5.75 Å². The van der Waals surface area contributed by atoms with Crippen molar-refractivity contribution in [2.45, 2.75) is 25.6 Å². The molecule has 2 nitrogen and oxygen atoms in total. The van der Waals surface area contributed by atoms with Crippen LogP contribution in [-0.4, -0.2) is 12.1 Å². The number of allylic oxidation sites excluding steroid dienone is 5. The summed E-state index contributed by atoms with van der Waals surface area (Å²) in [4.78, 5) is 12.6. The molecule has 0 saturated heterocycles. The summed E-state index contributed by atoms with van der Waals surface area (Å²) in [5.41, 5.74) is 2.18. The third kappa shape index (κ3) is 3.98. The van der Waals surface area contributed by atoms with Crippen LogP contribution >= 0.6 is 15.9 Å². The van der Waals surface area contributed by atoms with Crippen molar-refractivity contribution in [2.75, 3.05) is 0 Å². The van der Waals surface area contributed by atoms with Crippen molar-refractivity contribution in [2.24, 2.45) is 5.92 Å². The van der Waals surface area contributed by atoms with Crippen molar-refractivity contribution >= 4 is 27.8 Å². The van der Waals surface area contributed by atoms with Gasteiger partial charge in [-0.25, -0.2) is 0 Å². The molecular weight excluding hydrogens is 385 g/mol. The molecule has 2 aliphatic carbocycles. The maximum atomic E-state index is 12.6. The second kappa shape index (κ2) is 6.59. The Kier molecular flexibility index (Phi) is 4.67. The standard InChI is InChI=1S/C18H14BrF3O2/c19-14-5-8-16-12(10-14)3-4-13(17(16)23)9-11-1-6-15(7-2-11)24-18(20,21)22/h1-2,5-9,12H,3-4,10H2/b13-9+. The molecule has 0 heterocycles. The number of alkyl halides is 3. The van der Waals surface area contributed by atoms with Crippen molar-refractivity contribution in [1.29, 1.82) is 0 Å². The van der Waals surface area contributed by atoms with Gasteiger partial charge in [-0.05, 0) is 53.4 Å². The zero-order chi connectivity index (χ0) is 17.3. The maximum Gasteiger partial charge on any atom is 0.573 e. The smallest absolute Gasteiger partial charge is 0.406 e. The van der Waals surface area contributed by atoms with Crippen LogP contribution in [0.2, 0.25) is 0 Å². The van der Waals surface area contributed by atoms with Gasteiger partial charge in [0, 0.05) is 11.1 Å². The molecule has 1 aromatic rings. The average molecular weight is 399 g/mol. The van der Waals surface area contributed by atoms with E-state index in [-0.39, 0.29) is 17.5 Å². The Balaban J connectivity index is 1.78. The first-order chi connectivity index (χ1) is 11.3. The van der Waals surface area contributed by atoms with E-state index in [0.717, 1.165) is 22.9 Å². The SMILES string of the molecule is O=C1C2=CC=C(Br)CC2CC/C1=C\c1ccc(OC(F)(F)F)cc1. The van der Waals surface area contributed by atoms with Gasteiger partial charge in [-0.1, -0.05) is 40.2 Å². The van der Waals surface area contributed by atoms with Crippen molar-refractivity contribution < 1.29 is 22.7 Å². The van der Waals surface area contributed by atoms with Crippen LogP contribution < -0.4 is 4.74 Å². The second-order valence-electron chi connectivity index (χ2n) is 5.79. The van der Waals surface area contributed by atoms with Gasteiger partial charge in [-0.2, -0.15) is 0 Å². The summed E-state index contributed by atoms with van der Waals surface area (Å²) < 4.78 is 41.4. The largest absolute Gasteiger partial charge is 0.573 e. The molecule has 3 rings (SSSR count). The molecule has 0 bridgehead atoms. The number of hydrogen-bond donors (Lipinski definition) is 0. The second-order valence-corrected chi connectivity index (χ2v) is 6.81. The Morgan fingerprint density at radius 1 is 1.17 bits per heavy atom. The highest BCUT2D eigenvalue weighted by Gasteiger charge is 2.32. The number of carbonyl (C=O) groups is 1. The first-order valence-corrected chi connectivity index (χ1v) is 8.28. The predicted octanol–water partition coefficient (Wildman–Crippen LogP) is 5.56. The van der Waals surface area contributed by atoms with E-state index in [1.54, 1.807) is 6.08 Å². The average Bonchev–Trinajstić information content (AvgIpc) is 2.50. The van der Waals surface area contributed by atoms with Gasteiger partial charge in [0.15, 0.2) is 5.78 Å². The number of rotatable bonds is 2. The Bertz CT molecular complexity index is 743. The van der Waals surface area contributed by atoms with E-state index >= 15 is 0 Å². The molecule has 24 heavy (non-hydrogen) atoms. The van der Waals surface area contributed by atoms with Crippen LogP contribution in [0.3, 0.4) is 0 Å². The predicted molar refractivity (Wildman–Crippen MR) is 88.5 cm³/mol. The minimum Gasteiger partial charge on any atom is -0.406 e. The van der Waals surface area contributed by atoms with Crippen LogP contribution in [0.25, 0.3) is 6.08 Å². The van der Waals surface area contributed by atoms with Gasteiger partial charge in [0.1, 0.15) is 5.75 Å². The monoisotopic (exact) mass is 398 g/mol. The summed E-state index contributed by atoms with van der Waals surface area (Å²) in [5.74, 6) is -0.000587. The fourth-order valence-electron chi connectivity index (χ4n) is 2.98. The molecule has 1 aromatic carbocycles. The number of hydrogen-bond acceptors (Lipinski definition) is 2. The number of carbonyl (C=O) groups excluding carboxylic acids is 1. The highest BCUT2D eigenvalue weighted by molar-refractivity contribution is 9.11. The van der Waals surface area contributed by atoms with Crippen LogP contribution in [0.4, 0.5) is 13.2 Å². The fourth-order valence-corrected chi connectivity index (χ4v) is 3.50. The molecule has 0 radical (unpaired) electrons. The first-order valence-electron chi connectivity index (χ1n) is 7.49. The third-order valence-electron chi connectivity index (χ3n) is 4.10. The van der Waals surface area contributed by atoms with Gasteiger partial charge in [0.25, 0.3) is 0 Å². The van der Waals surface area contributed by atoms with E-state index in [9.17, 15) is 18.0 Å². The number of ether oxygens (including phenoxy) is 1. The lowest BCUT2D eigenvalue weighted by atomic mass is 9.76. The number of halogens is 4. The first kappa shape index (κ1) is 17.0. The maximum absolute atomic E-state index is 12.6. The molecule has 0 aliphatic heterocycles. The molecule has 1 fully saturated rings. The van der Waals surface area contributed by atoms with E-state index in [0.29, 0.717) is 17.6 Å². The summed E-state index contributed by atoms with van der Waals surface area (Å²) in [5, 5.41) is 0. The molecule has 126 valence electrons. The van der Waals surface area contributed by atoms with E-state index < -0.39 is 6.36 Å². The van der Waals surface area contributed by atoms with E-state index in [1.807, 2.05) is 12.2 Å². The van der Waals surface area contributed by atoms with Crippen LogP contribution in [-0.2, 0) is 4.79 Å². The normalized spacial score (nSPS) is 22.8. The topological polar surface area (TPSA) is 26.3 Å². The molecule has 1 unspecified atom stereocenters. The lowest BCUT2D eigenvalue weighted by molar-refractivity contribution is -0.274. The number of benzene rings is 1.